The monoisotopic (exact) mass is 441 g/mol. The Kier molecular flexibility index (Phi) is 9.13. The van der Waals surface area contributed by atoms with Crippen molar-refractivity contribution < 1.29 is 14.3 Å². The predicted octanol–water partition coefficient (Wildman–Crippen LogP) is 6.57. The van der Waals surface area contributed by atoms with Gasteiger partial charge in [-0.25, -0.2) is 4.79 Å². The van der Waals surface area contributed by atoms with Crippen LogP contribution in [0.2, 0.25) is 0 Å². The van der Waals surface area contributed by atoms with Crippen LogP contribution in [0.3, 0.4) is 0 Å². The van der Waals surface area contributed by atoms with E-state index in [0.29, 0.717) is 17.9 Å². The first-order chi connectivity index (χ1) is 15.1. The molecule has 31 heavy (non-hydrogen) atoms. The van der Waals surface area contributed by atoms with Gasteiger partial charge in [-0.05, 0) is 75.3 Å². The number of ether oxygens (including phenoxy) is 1. The highest BCUT2D eigenvalue weighted by atomic mass is 32.1. The highest BCUT2D eigenvalue weighted by Crippen LogP contribution is 2.30. The molecular formula is C26H35NO3S. The summed E-state index contributed by atoms with van der Waals surface area (Å²) in [5.41, 5.74) is 2.39. The number of amides is 1. The van der Waals surface area contributed by atoms with Gasteiger partial charge in [-0.1, -0.05) is 38.3 Å². The number of rotatable bonds is 12. The molecule has 0 spiro atoms. The van der Waals surface area contributed by atoms with Gasteiger partial charge in [0.15, 0.2) is 0 Å². The third-order valence-electron chi connectivity index (χ3n) is 5.96. The highest BCUT2D eigenvalue weighted by Gasteiger charge is 2.31. The molecule has 1 aliphatic heterocycles. The summed E-state index contributed by atoms with van der Waals surface area (Å²) >= 11 is 1.52. The summed E-state index contributed by atoms with van der Waals surface area (Å²) in [6, 6.07) is 12.8. The zero-order chi connectivity index (χ0) is 22.1. The van der Waals surface area contributed by atoms with Crippen LogP contribution in [-0.4, -0.2) is 24.5 Å². The van der Waals surface area contributed by atoms with Gasteiger partial charge < -0.3 is 9.64 Å². The smallest absolute Gasteiger partial charge is 0.348 e. The molecule has 1 atom stereocenters. The SMILES string of the molecule is CCCCCCc1ccc(N2C(=O)CC[C@@H]2CCCc2ccc(C(=O)OCC)s2)cc1. The third kappa shape index (κ3) is 6.67. The molecule has 168 valence electrons. The number of aryl methyl sites for hydroxylation is 2. The van der Waals surface area contributed by atoms with Crippen LogP contribution in [0.5, 0.6) is 0 Å². The van der Waals surface area contributed by atoms with Gasteiger partial charge >= 0.3 is 5.97 Å². The lowest BCUT2D eigenvalue weighted by Crippen LogP contribution is -2.32. The number of hydrogen-bond acceptors (Lipinski definition) is 4. The average molecular weight is 442 g/mol. The molecule has 1 aliphatic rings. The summed E-state index contributed by atoms with van der Waals surface area (Å²) in [4.78, 5) is 28.3. The summed E-state index contributed by atoms with van der Waals surface area (Å²) in [5, 5.41) is 0. The van der Waals surface area contributed by atoms with Gasteiger partial charge in [-0.3, -0.25) is 4.79 Å². The Balaban J connectivity index is 1.51. The van der Waals surface area contributed by atoms with E-state index >= 15 is 0 Å². The van der Waals surface area contributed by atoms with Crippen molar-refractivity contribution in [3.8, 4) is 0 Å². The van der Waals surface area contributed by atoms with Crippen LogP contribution in [0.1, 0.15) is 85.3 Å². The molecule has 1 aromatic carbocycles. The van der Waals surface area contributed by atoms with Crippen molar-refractivity contribution in [1.82, 2.24) is 0 Å². The van der Waals surface area contributed by atoms with E-state index in [-0.39, 0.29) is 17.9 Å². The summed E-state index contributed by atoms with van der Waals surface area (Å²) < 4.78 is 5.07. The Labute approximate surface area is 190 Å². The van der Waals surface area contributed by atoms with Gasteiger partial charge in [0.25, 0.3) is 0 Å². The fourth-order valence-electron chi connectivity index (χ4n) is 4.29. The van der Waals surface area contributed by atoms with E-state index in [9.17, 15) is 9.59 Å². The van der Waals surface area contributed by atoms with Crippen LogP contribution in [0.25, 0.3) is 0 Å². The number of thiophene rings is 1. The molecule has 0 aliphatic carbocycles. The predicted molar refractivity (Wildman–Crippen MR) is 128 cm³/mol. The van der Waals surface area contributed by atoms with Crippen LogP contribution in [-0.2, 0) is 22.4 Å². The molecule has 0 saturated carbocycles. The fraction of sp³-hybridized carbons (Fsp3) is 0.538. The Morgan fingerprint density at radius 2 is 1.84 bits per heavy atom. The zero-order valence-electron chi connectivity index (χ0n) is 18.9. The molecular weight excluding hydrogens is 406 g/mol. The largest absolute Gasteiger partial charge is 0.462 e. The van der Waals surface area contributed by atoms with Crippen molar-refractivity contribution in [3.63, 3.8) is 0 Å². The lowest BCUT2D eigenvalue weighted by atomic mass is 10.0. The van der Waals surface area contributed by atoms with Gasteiger partial charge in [0.05, 0.1) is 6.61 Å². The first-order valence-electron chi connectivity index (χ1n) is 11.8. The van der Waals surface area contributed by atoms with Gasteiger partial charge in [0, 0.05) is 23.0 Å². The van der Waals surface area contributed by atoms with E-state index in [1.54, 1.807) is 0 Å². The van der Waals surface area contributed by atoms with E-state index < -0.39 is 0 Å². The van der Waals surface area contributed by atoms with E-state index in [4.69, 9.17) is 4.74 Å². The van der Waals surface area contributed by atoms with Crippen LogP contribution >= 0.6 is 11.3 Å². The van der Waals surface area contributed by atoms with E-state index in [1.807, 2.05) is 24.0 Å². The zero-order valence-corrected chi connectivity index (χ0v) is 19.7. The maximum atomic E-state index is 12.6. The molecule has 0 N–H and O–H groups in total. The summed E-state index contributed by atoms with van der Waals surface area (Å²) in [6.45, 7) is 4.46. The number of carbonyl (C=O) groups excluding carboxylic acids is 2. The molecule has 1 amide bonds. The molecule has 1 fully saturated rings. The van der Waals surface area contributed by atoms with Crippen molar-refractivity contribution in [2.75, 3.05) is 11.5 Å². The maximum Gasteiger partial charge on any atom is 0.348 e. The fourth-order valence-corrected chi connectivity index (χ4v) is 5.23. The number of esters is 1. The van der Waals surface area contributed by atoms with Gasteiger partial charge in [-0.15, -0.1) is 11.3 Å². The molecule has 0 bridgehead atoms. The second-order valence-electron chi connectivity index (χ2n) is 8.31. The van der Waals surface area contributed by atoms with Crippen LogP contribution in [0.15, 0.2) is 36.4 Å². The molecule has 2 aromatic rings. The second kappa shape index (κ2) is 12.0. The lowest BCUT2D eigenvalue weighted by molar-refractivity contribution is -0.117. The van der Waals surface area contributed by atoms with Crippen molar-refractivity contribution >= 4 is 28.9 Å². The van der Waals surface area contributed by atoms with Crippen LogP contribution in [0, 0.1) is 0 Å². The molecule has 5 heteroatoms. The number of nitrogens with zero attached hydrogens (tertiary/aromatic N) is 1. The molecule has 3 rings (SSSR count). The Bertz CT molecular complexity index is 843. The molecule has 1 aromatic heterocycles. The number of hydrogen-bond donors (Lipinski definition) is 0. The third-order valence-corrected chi connectivity index (χ3v) is 7.08. The molecule has 0 radical (unpaired) electrons. The van der Waals surface area contributed by atoms with Crippen LogP contribution in [0.4, 0.5) is 5.69 Å². The minimum Gasteiger partial charge on any atom is -0.462 e. The van der Waals surface area contributed by atoms with E-state index in [1.165, 1.54) is 47.5 Å². The van der Waals surface area contributed by atoms with Crippen LogP contribution < -0.4 is 4.90 Å². The molecule has 2 heterocycles. The summed E-state index contributed by atoms with van der Waals surface area (Å²) in [6.07, 6.45) is 10.7. The molecule has 4 nitrogen and oxygen atoms in total. The number of carbonyl (C=O) groups is 2. The Hall–Kier alpha value is -2.14. The highest BCUT2D eigenvalue weighted by molar-refractivity contribution is 7.13. The number of benzene rings is 1. The first-order valence-corrected chi connectivity index (χ1v) is 12.6. The average Bonchev–Trinajstić information content (AvgIpc) is 3.39. The Morgan fingerprint density at radius 3 is 2.58 bits per heavy atom. The molecule has 1 saturated heterocycles. The minimum absolute atomic E-state index is 0.236. The van der Waals surface area contributed by atoms with Crippen molar-refractivity contribution in [2.45, 2.75) is 84.1 Å². The second-order valence-corrected chi connectivity index (χ2v) is 9.48. The van der Waals surface area contributed by atoms with Gasteiger partial charge in [0.2, 0.25) is 5.91 Å². The normalized spacial score (nSPS) is 16.1. The van der Waals surface area contributed by atoms with Crippen molar-refractivity contribution in [1.29, 1.82) is 0 Å². The van der Waals surface area contributed by atoms with Gasteiger partial charge in [0.1, 0.15) is 4.88 Å². The Morgan fingerprint density at radius 1 is 1.03 bits per heavy atom. The number of anilines is 1. The van der Waals surface area contributed by atoms with E-state index in [0.717, 1.165) is 37.8 Å². The number of unbranched alkanes of at least 4 members (excludes halogenated alkanes) is 3. The van der Waals surface area contributed by atoms with Crippen molar-refractivity contribution in [3.05, 3.63) is 51.7 Å². The standard InChI is InChI=1S/C26H35NO3S/c1-3-5-6-7-9-20-12-14-22(15-13-20)27-21(16-19-25(27)28)10-8-11-23-17-18-24(31-23)26(29)30-4-2/h12-15,17-18,21H,3-11,16,19H2,1-2H3/t21-/m0/s1. The van der Waals surface area contributed by atoms with E-state index in [2.05, 4.69) is 31.2 Å². The van der Waals surface area contributed by atoms with Gasteiger partial charge in [-0.2, -0.15) is 0 Å². The summed E-state index contributed by atoms with van der Waals surface area (Å²) in [5.74, 6) is 0.00143. The topological polar surface area (TPSA) is 46.6 Å². The maximum absolute atomic E-state index is 12.6. The van der Waals surface area contributed by atoms with Crippen molar-refractivity contribution in [2.24, 2.45) is 0 Å². The molecule has 0 unspecified atom stereocenters. The first kappa shape index (κ1) is 23.5. The summed E-state index contributed by atoms with van der Waals surface area (Å²) in [7, 11) is 0. The minimum atomic E-state index is -0.236. The quantitative estimate of drug-likeness (QED) is 0.276. The lowest BCUT2D eigenvalue weighted by Gasteiger charge is -2.25.